The molecule has 1 saturated heterocycles. The van der Waals surface area contributed by atoms with Crippen LogP contribution in [-0.2, 0) is 6.54 Å². The molecule has 0 bridgehead atoms. The number of guanidine groups is 1. The lowest BCUT2D eigenvalue weighted by molar-refractivity contribution is 0.222. The van der Waals surface area contributed by atoms with E-state index in [0.29, 0.717) is 12.5 Å². The molecule has 0 spiro atoms. The van der Waals surface area contributed by atoms with E-state index in [-0.39, 0.29) is 6.03 Å². The Kier molecular flexibility index (Phi) is 8.12. The molecule has 6 heteroatoms. The molecule has 1 aliphatic heterocycles. The molecule has 1 aliphatic rings. The van der Waals surface area contributed by atoms with Gasteiger partial charge in [0.05, 0.1) is 6.54 Å². The van der Waals surface area contributed by atoms with Gasteiger partial charge in [-0.1, -0.05) is 49.4 Å². The summed E-state index contributed by atoms with van der Waals surface area (Å²) in [6, 6.07) is 18.4. The van der Waals surface area contributed by atoms with Crippen LogP contribution in [0.5, 0.6) is 0 Å². The van der Waals surface area contributed by atoms with Crippen LogP contribution in [0, 0.1) is 0 Å². The van der Waals surface area contributed by atoms with Crippen LogP contribution in [-0.4, -0.2) is 43.1 Å². The number of hydrogen-bond donors (Lipinski definition) is 3. The van der Waals surface area contributed by atoms with E-state index in [9.17, 15) is 4.79 Å². The summed E-state index contributed by atoms with van der Waals surface area (Å²) in [5, 5.41) is 9.74. The number of carbonyl (C=O) groups excluding carboxylic acids is 1. The van der Waals surface area contributed by atoms with Crippen molar-refractivity contribution in [2.75, 3.05) is 31.5 Å². The SMILES string of the molecule is CCNC(=NCc1cccc(NC(=O)N2CCCC2)c1)NCC(C)c1ccccc1. The first kappa shape index (κ1) is 21.7. The molecule has 6 nitrogen and oxygen atoms in total. The molecule has 2 amide bonds. The monoisotopic (exact) mass is 407 g/mol. The second-order valence-electron chi connectivity index (χ2n) is 7.71. The van der Waals surface area contributed by atoms with E-state index >= 15 is 0 Å². The number of hydrogen-bond acceptors (Lipinski definition) is 2. The Balaban J connectivity index is 1.56. The zero-order chi connectivity index (χ0) is 21.2. The van der Waals surface area contributed by atoms with E-state index in [1.807, 2.05) is 35.2 Å². The number of aliphatic imine (C=N–C) groups is 1. The minimum atomic E-state index is -0.0157. The van der Waals surface area contributed by atoms with E-state index in [4.69, 9.17) is 4.99 Å². The lowest BCUT2D eigenvalue weighted by atomic mass is 10.0. The van der Waals surface area contributed by atoms with Crippen LogP contribution in [0.2, 0.25) is 0 Å². The van der Waals surface area contributed by atoms with Crippen molar-refractivity contribution >= 4 is 17.7 Å². The van der Waals surface area contributed by atoms with Gasteiger partial charge in [0.15, 0.2) is 5.96 Å². The molecule has 30 heavy (non-hydrogen) atoms. The van der Waals surface area contributed by atoms with Gasteiger partial charge in [0.2, 0.25) is 0 Å². The number of nitrogens with zero attached hydrogens (tertiary/aromatic N) is 2. The van der Waals surface area contributed by atoms with Gasteiger partial charge in [0.25, 0.3) is 0 Å². The molecular formula is C24H33N5O. The normalized spacial score (nSPS) is 15.0. The number of rotatable bonds is 7. The zero-order valence-electron chi connectivity index (χ0n) is 18.0. The average Bonchev–Trinajstić information content (AvgIpc) is 3.31. The summed E-state index contributed by atoms with van der Waals surface area (Å²) in [5.74, 6) is 1.19. The number of carbonyl (C=O) groups is 1. The van der Waals surface area contributed by atoms with Crippen LogP contribution < -0.4 is 16.0 Å². The Labute approximate surface area is 179 Å². The summed E-state index contributed by atoms with van der Waals surface area (Å²) >= 11 is 0. The number of amides is 2. The van der Waals surface area contributed by atoms with Gasteiger partial charge in [-0.05, 0) is 48.9 Å². The molecular weight excluding hydrogens is 374 g/mol. The zero-order valence-corrected chi connectivity index (χ0v) is 18.0. The molecule has 0 aromatic heterocycles. The third kappa shape index (κ3) is 6.51. The minimum absolute atomic E-state index is 0.0157. The standard InChI is InChI=1S/C24H33N5O/c1-3-25-23(26-17-19(2)21-11-5-4-6-12-21)27-18-20-10-9-13-22(16-20)28-24(30)29-14-7-8-15-29/h4-6,9-13,16,19H,3,7-8,14-15,17-18H2,1-2H3,(H,28,30)(H2,25,26,27). The predicted octanol–water partition coefficient (Wildman–Crippen LogP) is 4.17. The molecule has 160 valence electrons. The first-order valence-electron chi connectivity index (χ1n) is 10.9. The highest BCUT2D eigenvalue weighted by Crippen LogP contribution is 2.15. The van der Waals surface area contributed by atoms with Gasteiger partial charge >= 0.3 is 6.03 Å². The summed E-state index contributed by atoms with van der Waals surface area (Å²) in [5.41, 5.74) is 3.18. The fraction of sp³-hybridized carbons (Fsp3) is 0.417. The molecule has 2 aromatic rings. The lowest BCUT2D eigenvalue weighted by Crippen LogP contribution is -2.39. The molecule has 1 atom stereocenters. The number of likely N-dealkylation sites (tertiary alicyclic amines) is 1. The van der Waals surface area contributed by atoms with Crippen molar-refractivity contribution in [1.29, 1.82) is 0 Å². The fourth-order valence-corrected chi connectivity index (χ4v) is 3.53. The van der Waals surface area contributed by atoms with Crippen molar-refractivity contribution in [2.24, 2.45) is 4.99 Å². The topological polar surface area (TPSA) is 68.8 Å². The van der Waals surface area contributed by atoms with Crippen LogP contribution in [0.15, 0.2) is 59.6 Å². The van der Waals surface area contributed by atoms with E-state index in [0.717, 1.165) is 56.2 Å². The van der Waals surface area contributed by atoms with Gasteiger partial charge in [-0.3, -0.25) is 0 Å². The Morgan fingerprint density at radius 2 is 1.83 bits per heavy atom. The first-order chi connectivity index (χ1) is 14.7. The van der Waals surface area contributed by atoms with Crippen LogP contribution in [0.3, 0.4) is 0 Å². The molecule has 0 saturated carbocycles. The van der Waals surface area contributed by atoms with Gasteiger partial charge in [0.1, 0.15) is 0 Å². The highest BCUT2D eigenvalue weighted by atomic mass is 16.2. The van der Waals surface area contributed by atoms with Crippen molar-refractivity contribution in [3.05, 3.63) is 65.7 Å². The molecule has 1 unspecified atom stereocenters. The third-order valence-corrected chi connectivity index (χ3v) is 5.28. The van der Waals surface area contributed by atoms with Gasteiger partial charge in [-0.15, -0.1) is 0 Å². The van der Waals surface area contributed by atoms with E-state index < -0.39 is 0 Å². The van der Waals surface area contributed by atoms with Crippen molar-refractivity contribution in [3.8, 4) is 0 Å². The van der Waals surface area contributed by atoms with E-state index in [1.54, 1.807) is 0 Å². The van der Waals surface area contributed by atoms with Crippen molar-refractivity contribution in [2.45, 2.75) is 39.2 Å². The highest BCUT2D eigenvalue weighted by Gasteiger charge is 2.17. The largest absolute Gasteiger partial charge is 0.357 e. The molecule has 1 heterocycles. The predicted molar refractivity (Wildman–Crippen MR) is 124 cm³/mol. The molecule has 0 aliphatic carbocycles. The quantitative estimate of drug-likeness (QED) is 0.477. The molecule has 1 fully saturated rings. The van der Waals surface area contributed by atoms with E-state index in [2.05, 4.69) is 54.1 Å². The summed E-state index contributed by atoms with van der Waals surface area (Å²) in [6.07, 6.45) is 2.18. The van der Waals surface area contributed by atoms with Crippen LogP contribution >= 0.6 is 0 Å². The second-order valence-corrected chi connectivity index (χ2v) is 7.71. The van der Waals surface area contributed by atoms with Crippen LogP contribution in [0.25, 0.3) is 0 Å². The Bertz CT molecular complexity index is 830. The highest BCUT2D eigenvalue weighted by molar-refractivity contribution is 5.89. The summed E-state index contributed by atoms with van der Waals surface area (Å²) in [7, 11) is 0. The molecule has 2 aromatic carbocycles. The van der Waals surface area contributed by atoms with E-state index in [1.165, 1.54) is 5.56 Å². The molecule has 0 radical (unpaired) electrons. The summed E-state index contributed by atoms with van der Waals surface area (Å²) < 4.78 is 0. The van der Waals surface area contributed by atoms with Crippen molar-refractivity contribution in [3.63, 3.8) is 0 Å². The van der Waals surface area contributed by atoms with Crippen molar-refractivity contribution in [1.82, 2.24) is 15.5 Å². The maximum Gasteiger partial charge on any atom is 0.321 e. The minimum Gasteiger partial charge on any atom is -0.357 e. The van der Waals surface area contributed by atoms with Gasteiger partial charge in [-0.25, -0.2) is 9.79 Å². The maximum absolute atomic E-state index is 12.3. The van der Waals surface area contributed by atoms with Gasteiger partial charge in [0, 0.05) is 31.9 Å². The Morgan fingerprint density at radius 3 is 2.57 bits per heavy atom. The van der Waals surface area contributed by atoms with Crippen LogP contribution in [0.1, 0.15) is 43.7 Å². The molecule has 3 N–H and O–H groups in total. The lowest BCUT2D eigenvalue weighted by Gasteiger charge is -2.17. The number of urea groups is 1. The maximum atomic E-state index is 12.3. The van der Waals surface area contributed by atoms with Gasteiger partial charge in [-0.2, -0.15) is 0 Å². The second kappa shape index (κ2) is 11.2. The smallest absolute Gasteiger partial charge is 0.321 e. The Morgan fingerprint density at radius 1 is 1.07 bits per heavy atom. The number of benzene rings is 2. The number of anilines is 1. The van der Waals surface area contributed by atoms with Crippen molar-refractivity contribution < 1.29 is 4.79 Å². The number of nitrogens with one attached hydrogen (secondary N) is 3. The Hall–Kier alpha value is -3.02. The first-order valence-corrected chi connectivity index (χ1v) is 10.9. The fourth-order valence-electron chi connectivity index (χ4n) is 3.53. The van der Waals surface area contributed by atoms with Gasteiger partial charge < -0.3 is 20.9 Å². The summed E-state index contributed by atoms with van der Waals surface area (Å²) in [4.78, 5) is 18.9. The molecule has 3 rings (SSSR count). The van der Waals surface area contributed by atoms with Crippen LogP contribution in [0.4, 0.5) is 10.5 Å². The summed E-state index contributed by atoms with van der Waals surface area (Å²) in [6.45, 7) is 8.11. The average molecular weight is 408 g/mol. The third-order valence-electron chi connectivity index (χ3n) is 5.28.